The summed E-state index contributed by atoms with van der Waals surface area (Å²) in [6, 6.07) is 10.1. The molecule has 0 bridgehead atoms. The monoisotopic (exact) mass is 273 g/mol. The van der Waals surface area contributed by atoms with Crippen LogP contribution in [0.5, 0.6) is 0 Å². The number of furan rings is 1. The van der Waals surface area contributed by atoms with Crippen molar-refractivity contribution in [3.63, 3.8) is 0 Å². The number of carbonyl (C=O) groups is 1. The van der Waals surface area contributed by atoms with E-state index >= 15 is 0 Å². The first-order valence-electron chi connectivity index (χ1n) is 6.39. The van der Waals surface area contributed by atoms with Gasteiger partial charge < -0.3 is 9.32 Å². The minimum atomic E-state index is -0.410. The zero-order valence-corrected chi connectivity index (χ0v) is 11.9. The fourth-order valence-corrected chi connectivity index (χ4v) is 2.04. The van der Waals surface area contributed by atoms with E-state index in [2.05, 4.69) is 41.5 Å². The third-order valence-corrected chi connectivity index (χ3v) is 3.17. The fraction of sp³-hybridized carbons (Fsp3) is 0.267. The molecule has 3 N–H and O–H groups in total. The Morgan fingerprint density at radius 2 is 1.95 bits per heavy atom. The second kappa shape index (κ2) is 5.79. The molecule has 0 atom stereocenters. The second-order valence-corrected chi connectivity index (χ2v) is 4.89. The van der Waals surface area contributed by atoms with Gasteiger partial charge in [-0.3, -0.25) is 10.2 Å². The van der Waals surface area contributed by atoms with Crippen molar-refractivity contribution in [2.24, 2.45) is 5.84 Å². The van der Waals surface area contributed by atoms with Gasteiger partial charge in [-0.05, 0) is 32.0 Å². The Morgan fingerprint density at radius 1 is 1.30 bits per heavy atom. The SMILES string of the molecule is Cc1ccc(N(C)Cc2cc(C)c(C(=O)NN)o2)cc1. The van der Waals surface area contributed by atoms with Crippen LogP contribution in [0.1, 0.15) is 27.4 Å². The first-order valence-corrected chi connectivity index (χ1v) is 6.39. The number of hydrogen-bond donors (Lipinski definition) is 2. The second-order valence-electron chi connectivity index (χ2n) is 4.89. The first kappa shape index (κ1) is 14.1. The van der Waals surface area contributed by atoms with Gasteiger partial charge in [0.2, 0.25) is 0 Å². The smallest absolute Gasteiger partial charge is 0.301 e. The highest BCUT2D eigenvalue weighted by Gasteiger charge is 2.15. The molecule has 0 fully saturated rings. The molecule has 5 nitrogen and oxygen atoms in total. The fourth-order valence-electron chi connectivity index (χ4n) is 2.04. The first-order chi connectivity index (χ1) is 9.51. The van der Waals surface area contributed by atoms with Crippen LogP contribution in [0.15, 0.2) is 34.7 Å². The third-order valence-electron chi connectivity index (χ3n) is 3.17. The minimum Gasteiger partial charge on any atom is -0.454 e. The molecule has 0 saturated carbocycles. The van der Waals surface area contributed by atoms with Gasteiger partial charge in [-0.1, -0.05) is 17.7 Å². The molecule has 0 saturated heterocycles. The molecule has 1 heterocycles. The highest BCUT2D eigenvalue weighted by molar-refractivity contribution is 5.92. The number of nitrogens with zero attached hydrogens (tertiary/aromatic N) is 1. The molecular formula is C15H19N3O2. The zero-order chi connectivity index (χ0) is 14.7. The van der Waals surface area contributed by atoms with Crippen molar-refractivity contribution >= 4 is 11.6 Å². The number of nitrogens with two attached hydrogens (primary N) is 1. The van der Waals surface area contributed by atoms with Gasteiger partial charge in [0.1, 0.15) is 5.76 Å². The van der Waals surface area contributed by atoms with Gasteiger partial charge in [-0.25, -0.2) is 5.84 Å². The van der Waals surface area contributed by atoms with E-state index in [1.54, 1.807) is 0 Å². The maximum absolute atomic E-state index is 11.5. The largest absolute Gasteiger partial charge is 0.454 e. The normalized spacial score (nSPS) is 10.4. The van der Waals surface area contributed by atoms with E-state index in [0.29, 0.717) is 6.54 Å². The quantitative estimate of drug-likeness (QED) is 0.508. The summed E-state index contributed by atoms with van der Waals surface area (Å²) in [6.45, 7) is 4.46. The molecule has 0 spiro atoms. The highest BCUT2D eigenvalue weighted by atomic mass is 16.4. The van der Waals surface area contributed by atoms with Crippen LogP contribution in [0.2, 0.25) is 0 Å². The number of carbonyl (C=O) groups excluding carboxylic acids is 1. The van der Waals surface area contributed by atoms with Crippen LogP contribution in [0.25, 0.3) is 0 Å². The van der Waals surface area contributed by atoms with Crippen molar-refractivity contribution in [1.29, 1.82) is 0 Å². The van der Waals surface area contributed by atoms with Crippen molar-refractivity contribution in [1.82, 2.24) is 5.43 Å². The lowest BCUT2D eigenvalue weighted by molar-refractivity contribution is 0.0923. The molecule has 1 aromatic carbocycles. The van der Waals surface area contributed by atoms with E-state index in [4.69, 9.17) is 10.3 Å². The van der Waals surface area contributed by atoms with Gasteiger partial charge in [0, 0.05) is 18.3 Å². The Bertz CT molecular complexity index is 602. The topological polar surface area (TPSA) is 71.5 Å². The van der Waals surface area contributed by atoms with Gasteiger partial charge in [0.05, 0.1) is 6.54 Å². The molecule has 1 amide bonds. The molecule has 0 aliphatic rings. The maximum Gasteiger partial charge on any atom is 0.301 e. The van der Waals surface area contributed by atoms with E-state index < -0.39 is 5.91 Å². The summed E-state index contributed by atoms with van der Waals surface area (Å²) in [5, 5.41) is 0. The van der Waals surface area contributed by atoms with E-state index in [1.807, 2.05) is 20.0 Å². The van der Waals surface area contributed by atoms with E-state index in [-0.39, 0.29) is 5.76 Å². The molecule has 106 valence electrons. The average Bonchev–Trinajstić information content (AvgIpc) is 2.79. The summed E-state index contributed by atoms with van der Waals surface area (Å²) in [6.07, 6.45) is 0. The van der Waals surface area contributed by atoms with Gasteiger partial charge in [-0.2, -0.15) is 0 Å². The van der Waals surface area contributed by atoms with E-state index in [9.17, 15) is 4.79 Å². The van der Waals surface area contributed by atoms with Crippen molar-refractivity contribution in [2.75, 3.05) is 11.9 Å². The third kappa shape index (κ3) is 3.00. The van der Waals surface area contributed by atoms with Crippen LogP contribution >= 0.6 is 0 Å². The summed E-state index contributed by atoms with van der Waals surface area (Å²) < 4.78 is 5.55. The summed E-state index contributed by atoms with van der Waals surface area (Å²) in [5.41, 5.74) is 5.17. The van der Waals surface area contributed by atoms with Crippen LogP contribution in [0.4, 0.5) is 5.69 Å². The number of hydrogen-bond acceptors (Lipinski definition) is 4. The molecule has 20 heavy (non-hydrogen) atoms. The van der Waals surface area contributed by atoms with Crippen molar-refractivity contribution < 1.29 is 9.21 Å². The Balaban J connectivity index is 2.13. The minimum absolute atomic E-state index is 0.264. The van der Waals surface area contributed by atoms with Crippen LogP contribution < -0.4 is 16.2 Å². The molecule has 1 aromatic heterocycles. The molecular weight excluding hydrogens is 254 g/mol. The molecule has 0 unspecified atom stereocenters. The van der Waals surface area contributed by atoms with Crippen molar-refractivity contribution in [3.8, 4) is 0 Å². The lowest BCUT2D eigenvalue weighted by Crippen LogP contribution is -2.30. The number of benzene rings is 1. The maximum atomic E-state index is 11.5. The summed E-state index contributed by atoms with van der Waals surface area (Å²) in [7, 11) is 1.98. The molecule has 0 aliphatic carbocycles. The molecule has 0 radical (unpaired) electrons. The predicted molar refractivity (Wildman–Crippen MR) is 78.4 cm³/mol. The highest BCUT2D eigenvalue weighted by Crippen LogP contribution is 2.20. The molecule has 2 rings (SSSR count). The molecule has 5 heteroatoms. The Morgan fingerprint density at radius 3 is 2.55 bits per heavy atom. The number of aryl methyl sites for hydroxylation is 2. The Labute approximate surface area is 118 Å². The van der Waals surface area contributed by atoms with Crippen LogP contribution in [0, 0.1) is 13.8 Å². The van der Waals surface area contributed by atoms with E-state index in [1.165, 1.54) is 5.56 Å². The zero-order valence-electron chi connectivity index (χ0n) is 11.9. The van der Waals surface area contributed by atoms with Gasteiger partial charge >= 0.3 is 5.91 Å². The Kier molecular flexibility index (Phi) is 4.10. The van der Waals surface area contributed by atoms with Gasteiger partial charge in [0.15, 0.2) is 5.76 Å². The van der Waals surface area contributed by atoms with Crippen LogP contribution in [0.3, 0.4) is 0 Å². The predicted octanol–water partition coefficient (Wildman–Crippen LogP) is 2.14. The van der Waals surface area contributed by atoms with Gasteiger partial charge in [0.25, 0.3) is 0 Å². The molecule has 2 aromatic rings. The Hall–Kier alpha value is -2.27. The van der Waals surface area contributed by atoms with Gasteiger partial charge in [-0.15, -0.1) is 0 Å². The van der Waals surface area contributed by atoms with Crippen LogP contribution in [-0.4, -0.2) is 13.0 Å². The lowest BCUT2D eigenvalue weighted by Gasteiger charge is -2.17. The van der Waals surface area contributed by atoms with E-state index in [0.717, 1.165) is 17.0 Å². The number of nitrogens with one attached hydrogen (secondary N) is 1. The summed E-state index contributed by atoms with van der Waals surface area (Å²) in [5.74, 6) is 5.70. The average molecular weight is 273 g/mol. The number of nitrogen functional groups attached to an aromatic ring is 1. The lowest BCUT2D eigenvalue weighted by atomic mass is 10.2. The summed E-state index contributed by atoms with van der Waals surface area (Å²) >= 11 is 0. The summed E-state index contributed by atoms with van der Waals surface area (Å²) in [4.78, 5) is 13.6. The van der Waals surface area contributed by atoms with Crippen molar-refractivity contribution in [3.05, 3.63) is 53.0 Å². The number of hydrazine groups is 1. The number of rotatable bonds is 4. The van der Waals surface area contributed by atoms with Crippen molar-refractivity contribution in [2.45, 2.75) is 20.4 Å². The molecule has 0 aliphatic heterocycles. The number of anilines is 1. The standard InChI is InChI=1S/C15H19N3O2/c1-10-4-6-12(7-5-10)18(3)9-13-8-11(2)14(20-13)15(19)17-16/h4-8H,9,16H2,1-3H3,(H,17,19). The van der Waals surface area contributed by atoms with Crippen LogP contribution in [-0.2, 0) is 6.54 Å². The number of amides is 1.